The summed E-state index contributed by atoms with van der Waals surface area (Å²) in [6.45, 7) is 6.68. The number of carbonyl (C=O) groups is 3. The quantitative estimate of drug-likeness (QED) is 0.730. The van der Waals surface area contributed by atoms with Crippen LogP contribution in [0.2, 0.25) is 0 Å². The molecule has 0 unspecified atom stereocenters. The van der Waals surface area contributed by atoms with Crippen molar-refractivity contribution in [1.29, 1.82) is 0 Å². The summed E-state index contributed by atoms with van der Waals surface area (Å²) in [6, 6.07) is 0. The number of aryl methyl sites for hydroxylation is 1. The van der Waals surface area contributed by atoms with Gasteiger partial charge in [-0.3, -0.25) is 14.4 Å². The summed E-state index contributed by atoms with van der Waals surface area (Å²) in [7, 11) is 0. The molecule has 0 radical (unpaired) electrons. The summed E-state index contributed by atoms with van der Waals surface area (Å²) >= 11 is 0. The van der Waals surface area contributed by atoms with Crippen molar-refractivity contribution in [3.8, 4) is 0 Å². The third-order valence-electron chi connectivity index (χ3n) is 8.51. The Labute approximate surface area is 182 Å². The number of hydrogen-bond donors (Lipinski definition) is 1. The first-order valence-electron chi connectivity index (χ1n) is 11.1. The van der Waals surface area contributed by atoms with Crippen LogP contribution < -0.4 is 0 Å². The molecule has 2 fully saturated rings. The van der Waals surface area contributed by atoms with Crippen molar-refractivity contribution >= 4 is 17.7 Å². The maximum absolute atomic E-state index is 13.4. The maximum atomic E-state index is 13.4. The number of esters is 2. The SMILES string of the molecule is CC(=O)OC[C@]1(C)[C@@H]2CC[C@@]3(CO)c4cocc4CC[C@@H]3[C@@]2(C)CC(=O)[C@@H]1OC(C)=O. The van der Waals surface area contributed by atoms with Crippen LogP contribution in [0.3, 0.4) is 0 Å². The number of carbonyl (C=O) groups excluding carboxylic acids is 3. The third-order valence-corrected chi connectivity index (χ3v) is 8.51. The third kappa shape index (κ3) is 3.15. The number of Topliss-reactive ketones (excluding diaryl/α,β-unsaturated/α-hetero) is 1. The first kappa shape index (κ1) is 22.1. The van der Waals surface area contributed by atoms with Gasteiger partial charge in [0.15, 0.2) is 11.9 Å². The van der Waals surface area contributed by atoms with Gasteiger partial charge >= 0.3 is 11.9 Å². The minimum atomic E-state index is -0.947. The predicted octanol–water partition coefficient (Wildman–Crippen LogP) is 2.96. The van der Waals surface area contributed by atoms with E-state index in [4.69, 9.17) is 13.9 Å². The van der Waals surface area contributed by atoms with Gasteiger partial charge in [0.1, 0.15) is 6.61 Å². The molecule has 0 bridgehead atoms. The van der Waals surface area contributed by atoms with Gasteiger partial charge in [-0.25, -0.2) is 0 Å². The highest BCUT2D eigenvalue weighted by Gasteiger charge is 2.67. The zero-order chi connectivity index (χ0) is 22.6. The normalized spacial score (nSPS) is 39.1. The Bertz CT molecular complexity index is 903. The van der Waals surface area contributed by atoms with Crippen molar-refractivity contribution in [2.45, 2.75) is 71.3 Å². The topological polar surface area (TPSA) is 103 Å². The Morgan fingerprint density at radius 1 is 1.16 bits per heavy atom. The largest absolute Gasteiger partial charge is 0.472 e. The minimum Gasteiger partial charge on any atom is -0.472 e. The average Bonchev–Trinajstić information content (AvgIpc) is 3.19. The highest BCUT2D eigenvalue weighted by atomic mass is 16.6. The van der Waals surface area contributed by atoms with Gasteiger partial charge in [0.05, 0.1) is 19.1 Å². The summed E-state index contributed by atoms with van der Waals surface area (Å²) < 4.78 is 16.5. The highest BCUT2D eigenvalue weighted by Crippen LogP contribution is 2.66. The van der Waals surface area contributed by atoms with Crippen LogP contribution in [-0.4, -0.2) is 42.1 Å². The molecule has 1 N–H and O–H groups in total. The van der Waals surface area contributed by atoms with Crippen molar-refractivity contribution in [3.05, 3.63) is 23.7 Å². The fraction of sp³-hybridized carbons (Fsp3) is 0.708. The highest BCUT2D eigenvalue weighted by molar-refractivity contribution is 5.88. The van der Waals surface area contributed by atoms with E-state index in [1.807, 2.05) is 6.92 Å². The molecule has 6 atom stereocenters. The molecule has 0 amide bonds. The van der Waals surface area contributed by atoms with Crippen LogP contribution in [0.1, 0.15) is 64.5 Å². The Morgan fingerprint density at radius 3 is 2.55 bits per heavy atom. The number of aliphatic hydroxyl groups excluding tert-OH is 1. The zero-order valence-electron chi connectivity index (χ0n) is 18.7. The van der Waals surface area contributed by atoms with E-state index in [9.17, 15) is 19.5 Å². The van der Waals surface area contributed by atoms with E-state index in [0.717, 1.165) is 36.8 Å². The van der Waals surface area contributed by atoms with Crippen LogP contribution in [0.15, 0.2) is 16.9 Å². The number of ketones is 1. The molecular weight excluding hydrogens is 400 g/mol. The molecule has 3 aliphatic carbocycles. The van der Waals surface area contributed by atoms with Gasteiger partial charge in [-0.05, 0) is 48.5 Å². The van der Waals surface area contributed by atoms with Gasteiger partial charge in [0.2, 0.25) is 0 Å². The van der Waals surface area contributed by atoms with Crippen molar-refractivity contribution in [1.82, 2.24) is 0 Å². The van der Waals surface area contributed by atoms with E-state index in [0.29, 0.717) is 0 Å². The fourth-order valence-electron chi connectivity index (χ4n) is 7.38. The molecule has 0 aliphatic heterocycles. The molecule has 3 aliphatic rings. The van der Waals surface area contributed by atoms with Crippen LogP contribution >= 0.6 is 0 Å². The van der Waals surface area contributed by atoms with Crippen molar-refractivity contribution in [2.75, 3.05) is 13.2 Å². The molecule has 0 aromatic carbocycles. The Hall–Kier alpha value is -2.15. The Morgan fingerprint density at radius 2 is 1.90 bits per heavy atom. The zero-order valence-corrected chi connectivity index (χ0v) is 18.7. The van der Waals surface area contributed by atoms with E-state index >= 15 is 0 Å². The summed E-state index contributed by atoms with van der Waals surface area (Å²) in [5.41, 5.74) is 0.471. The molecule has 0 spiro atoms. The van der Waals surface area contributed by atoms with Crippen LogP contribution in [0, 0.1) is 22.7 Å². The lowest BCUT2D eigenvalue weighted by Crippen LogP contribution is -2.66. The number of fused-ring (bicyclic) bond motifs is 5. The van der Waals surface area contributed by atoms with Gasteiger partial charge in [0, 0.05) is 36.7 Å². The lowest BCUT2D eigenvalue weighted by Gasteiger charge is -2.64. The molecule has 31 heavy (non-hydrogen) atoms. The lowest BCUT2D eigenvalue weighted by atomic mass is 9.39. The first-order valence-corrected chi connectivity index (χ1v) is 11.1. The van der Waals surface area contributed by atoms with Gasteiger partial charge in [-0.15, -0.1) is 0 Å². The van der Waals surface area contributed by atoms with Crippen molar-refractivity contribution in [3.63, 3.8) is 0 Å². The molecule has 0 saturated heterocycles. The lowest BCUT2D eigenvalue weighted by molar-refractivity contribution is -0.206. The van der Waals surface area contributed by atoms with Gasteiger partial charge in [-0.2, -0.15) is 0 Å². The van der Waals surface area contributed by atoms with E-state index in [-0.39, 0.29) is 37.3 Å². The van der Waals surface area contributed by atoms with E-state index in [1.165, 1.54) is 13.8 Å². The number of rotatable bonds is 4. The summed E-state index contributed by atoms with van der Waals surface area (Å²) in [5.74, 6) is -1.04. The van der Waals surface area contributed by atoms with E-state index in [2.05, 4.69) is 6.92 Å². The second kappa shape index (κ2) is 7.47. The van der Waals surface area contributed by atoms with Crippen LogP contribution in [0.4, 0.5) is 0 Å². The second-order valence-corrected chi connectivity index (χ2v) is 10.2. The molecule has 2 saturated carbocycles. The van der Waals surface area contributed by atoms with Crippen molar-refractivity contribution in [2.24, 2.45) is 22.7 Å². The van der Waals surface area contributed by atoms with Crippen LogP contribution in [0.25, 0.3) is 0 Å². The number of ether oxygens (including phenoxy) is 2. The Balaban J connectivity index is 1.80. The van der Waals surface area contributed by atoms with Gasteiger partial charge in [-0.1, -0.05) is 13.8 Å². The molecule has 7 heteroatoms. The molecule has 4 rings (SSSR count). The van der Waals surface area contributed by atoms with Gasteiger partial charge in [0.25, 0.3) is 0 Å². The second-order valence-electron chi connectivity index (χ2n) is 10.2. The molecule has 1 aromatic rings. The number of aliphatic hydroxyl groups is 1. The molecule has 7 nitrogen and oxygen atoms in total. The van der Waals surface area contributed by atoms with Gasteiger partial charge < -0.3 is 19.0 Å². The minimum absolute atomic E-state index is 0.00522. The Kier molecular flexibility index (Phi) is 5.31. The predicted molar refractivity (Wildman–Crippen MR) is 110 cm³/mol. The molecule has 1 heterocycles. The number of hydrogen-bond acceptors (Lipinski definition) is 7. The molecule has 1 aromatic heterocycles. The van der Waals surface area contributed by atoms with Crippen LogP contribution in [-0.2, 0) is 35.7 Å². The van der Waals surface area contributed by atoms with E-state index in [1.54, 1.807) is 12.5 Å². The smallest absolute Gasteiger partial charge is 0.303 e. The first-order chi connectivity index (χ1) is 14.6. The summed E-state index contributed by atoms with van der Waals surface area (Å²) in [4.78, 5) is 36.9. The monoisotopic (exact) mass is 432 g/mol. The standard InChI is InChI=1S/C24H32O7/c1-14(26)30-13-23(4)19-7-8-24(12-25)17-11-29-10-16(17)5-6-20(24)22(19,3)9-18(28)21(23)31-15(2)27/h10-11,19-21,25H,5-9,12-13H2,1-4H3/t19-,20-,21+,22+,23-,24-/m1/s1. The maximum Gasteiger partial charge on any atom is 0.303 e. The average molecular weight is 433 g/mol. The van der Waals surface area contributed by atoms with Crippen LogP contribution in [0.5, 0.6) is 0 Å². The van der Waals surface area contributed by atoms with E-state index < -0.39 is 34.3 Å². The summed E-state index contributed by atoms with van der Waals surface area (Å²) in [6.07, 6.45) is 5.98. The number of furan rings is 1. The summed E-state index contributed by atoms with van der Waals surface area (Å²) in [5, 5.41) is 10.6. The fourth-order valence-corrected chi connectivity index (χ4v) is 7.38. The van der Waals surface area contributed by atoms with Crippen molar-refractivity contribution < 1.29 is 33.4 Å². The molecule has 170 valence electrons. The molecular formula is C24H32O7.